The van der Waals surface area contributed by atoms with Crippen LogP contribution < -0.4 is 0 Å². The summed E-state index contributed by atoms with van der Waals surface area (Å²) in [6.07, 6.45) is 0. The molecule has 0 bridgehead atoms. The van der Waals surface area contributed by atoms with Crippen molar-refractivity contribution in [2.24, 2.45) is 0 Å². The number of aryl methyl sites for hydroxylation is 3. The lowest BCUT2D eigenvalue weighted by molar-refractivity contribution is 0.587. The molecule has 0 unspecified atom stereocenters. The molecule has 2 aromatic carbocycles. The highest BCUT2D eigenvalue weighted by molar-refractivity contribution is 6.32. The Kier molecular flexibility index (Phi) is 4.33. The number of hydrogen-bond donors (Lipinski definition) is 0. The van der Waals surface area contributed by atoms with Gasteiger partial charge in [0.2, 0.25) is 0 Å². The summed E-state index contributed by atoms with van der Waals surface area (Å²) in [5.41, 5.74) is 3.54. The first-order valence-corrected chi connectivity index (χ1v) is 7.82. The van der Waals surface area contributed by atoms with Gasteiger partial charge in [-0.3, -0.25) is 0 Å². The van der Waals surface area contributed by atoms with Gasteiger partial charge in [-0.05, 0) is 44.0 Å². The molecule has 0 aliphatic heterocycles. The van der Waals surface area contributed by atoms with Crippen molar-refractivity contribution in [1.29, 1.82) is 0 Å². The minimum atomic E-state index is -0.671. The van der Waals surface area contributed by atoms with Gasteiger partial charge in [-0.25, -0.2) is 8.78 Å². The molecule has 0 N–H and O–H groups in total. The topological polar surface area (TPSA) is 25.8 Å². The molecule has 0 amide bonds. The summed E-state index contributed by atoms with van der Waals surface area (Å²) in [4.78, 5) is 0. The molecule has 3 aromatic rings. The summed E-state index contributed by atoms with van der Waals surface area (Å²) in [7, 11) is 0. The van der Waals surface area contributed by atoms with E-state index in [2.05, 4.69) is 10.2 Å². The van der Waals surface area contributed by atoms with Crippen LogP contribution >= 0.6 is 11.6 Å². The summed E-state index contributed by atoms with van der Waals surface area (Å²) in [6, 6.07) is 10.2. The molecule has 2 nitrogen and oxygen atoms in total. The quantitative estimate of drug-likeness (QED) is 0.598. The number of nitrogens with zero attached hydrogens (tertiary/aromatic N) is 2. The van der Waals surface area contributed by atoms with Gasteiger partial charge in [0.1, 0.15) is 11.6 Å². The summed E-state index contributed by atoms with van der Waals surface area (Å²) < 4.78 is 29.0. The maximum atomic E-state index is 14.5. The molecule has 1 aromatic heterocycles. The lowest BCUT2D eigenvalue weighted by atomic mass is 9.93. The lowest BCUT2D eigenvalue weighted by Gasteiger charge is -2.15. The van der Waals surface area contributed by atoms with Crippen molar-refractivity contribution >= 4 is 11.6 Å². The standard InChI is InChI=1S/C19H15ClF2N2/c1-10-4-6-13(7-5-10)16-12(3)23-24-19(20)18(16)17-14(21)8-11(2)9-15(17)22/h4-9H,1-3H3. The van der Waals surface area contributed by atoms with E-state index in [0.717, 1.165) is 11.1 Å². The molecule has 0 saturated heterocycles. The van der Waals surface area contributed by atoms with Crippen LogP contribution in [0.15, 0.2) is 36.4 Å². The fourth-order valence-electron chi connectivity index (χ4n) is 2.74. The Bertz CT molecular complexity index is 898. The summed E-state index contributed by atoms with van der Waals surface area (Å²) >= 11 is 6.19. The number of halogens is 3. The van der Waals surface area contributed by atoms with Gasteiger partial charge in [0, 0.05) is 11.1 Å². The van der Waals surface area contributed by atoms with Gasteiger partial charge in [-0.15, -0.1) is 5.10 Å². The Morgan fingerprint density at radius 3 is 1.92 bits per heavy atom. The maximum Gasteiger partial charge on any atom is 0.160 e. The predicted molar refractivity (Wildman–Crippen MR) is 92.0 cm³/mol. The largest absolute Gasteiger partial charge is 0.206 e. The van der Waals surface area contributed by atoms with Crippen LogP contribution in [0, 0.1) is 32.4 Å². The van der Waals surface area contributed by atoms with Crippen LogP contribution in [0.3, 0.4) is 0 Å². The Morgan fingerprint density at radius 1 is 0.750 bits per heavy atom. The molecule has 0 atom stereocenters. The lowest BCUT2D eigenvalue weighted by Crippen LogP contribution is -2.01. The van der Waals surface area contributed by atoms with E-state index in [-0.39, 0.29) is 16.3 Å². The zero-order valence-corrected chi connectivity index (χ0v) is 14.2. The van der Waals surface area contributed by atoms with Crippen LogP contribution in [-0.4, -0.2) is 10.2 Å². The molecule has 3 rings (SSSR count). The van der Waals surface area contributed by atoms with E-state index in [0.29, 0.717) is 16.8 Å². The normalized spacial score (nSPS) is 10.9. The first kappa shape index (κ1) is 16.5. The molecule has 0 radical (unpaired) electrons. The summed E-state index contributed by atoms with van der Waals surface area (Å²) in [6.45, 7) is 5.34. The molecule has 1 heterocycles. The average Bonchev–Trinajstić information content (AvgIpc) is 2.51. The Balaban J connectivity index is 2.37. The third-order valence-corrected chi connectivity index (χ3v) is 4.15. The molecule has 122 valence electrons. The second-order valence-corrected chi connectivity index (χ2v) is 6.15. The minimum Gasteiger partial charge on any atom is -0.206 e. The van der Waals surface area contributed by atoms with E-state index in [1.165, 1.54) is 12.1 Å². The zero-order valence-electron chi connectivity index (χ0n) is 13.5. The predicted octanol–water partition coefficient (Wildman–Crippen LogP) is 5.67. The molecule has 0 aliphatic rings. The van der Waals surface area contributed by atoms with Crippen LogP contribution in [0.2, 0.25) is 5.15 Å². The van der Waals surface area contributed by atoms with Crippen molar-refractivity contribution in [3.63, 3.8) is 0 Å². The average molecular weight is 345 g/mol. The summed E-state index contributed by atoms with van der Waals surface area (Å²) in [5.74, 6) is -1.34. The highest BCUT2D eigenvalue weighted by Crippen LogP contribution is 2.40. The van der Waals surface area contributed by atoms with Crippen molar-refractivity contribution in [2.45, 2.75) is 20.8 Å². The zero-order chi connectivity index (χ0) is 17.4. The van der Waals surface area contributed by atoms with E-state index in [9.17, 15) is 8.78 Å². The molecule has 5 heteroatoms. The third-order valence-electron chi connectivity index (χ3n) is 3.88. The molecule has 0 aliphatic carbocycles. The monoisotopic (exact) mass is 344 g/mol. The number of rotatable bonds is 2. The van der Waals surface area contributed by atoms with E-state index < -0.39 is 11.6 Å². The highest BCUT2D eigenvalue weighted by atomic mass is 35.5. The molecule has 24 heavy (non-hydrogen) atoms. The van der Waals surface area contributed by atoms with Crippen LogP contribution in [0.5, 0.6) is 0 Å². The summed E-state index contributed by atoms with van der Waals surface area (Å²) in [5, 5.41) is 7.83. The molecular weight excluding hydrogens is 330 g/mol. The van der Waals surface area contributed by atoms with E-state index >= 15 is 0 Å². The number of aromatic nitrogens is 2. The Morgan fingerprint density at radius 2 is 1.33 bits per heavy atom. The van der Waals surface area contributed by atoms with Crippen LogP contribution in [0.1, 0.15) is 16.8 Å². The van der Waals surface area contributed by atoms with Crippen LogP contribution in [0.4, 0.5) is 8.78 Å². The van der Waals surface area contributed by atoms with E-state index in [4.69, 9.17) is 11.6 Å². The second kappa shape index (κ2) is 6.29. The molecule has 0 saturated carbocycles. The van der Waals surface area contributed by atoms with Gasteiger partial charge < -0.3 is 0 Å². The van der Waals surface area contributed by atoms with E-state index in [1.807, 2.05) is 31.2 Å². The van der Waals surface area contributed by atoms with Gasteiger partial charge in [0.25, 0.3) is 0 Å². The van der Waals surface area contributed by atoms with Crippen molar-refractivity contribution in [3.05, 3.63) is 70.0 Å². The van der Waals surface area contributed by atoms with Crippen molar-refractivity contribution in [3.8, 4) is 22.3 Å². The first-order valence-electron chi connectivity index (χ1n) is 7.44. The Labute approximate surface area is 144 Å². The Hall–Kier alpha value is -2.33. The molecule has 0 fully saturated rings. The van der Waals surface area contributed by atoms with Gasteiger partial charge >= 0.3 is 0 Å². The van der Waals surface area contributed by atoms with Gasteiger partial charge in [0.05, 0.1) is 11.3 Å². The van der Waals surface area contributed by atoms with Crippen molar-refractivity contribution < 1.29 is 8.78 Å². The maximum absolute atomic E-state index is 14.5. The van der Waals surface area contributed by atoms with Crippen molar-refractivity contribution in [1.82, 2.24) is 10.2 Å². The van der Waals surface area contributed by atoms with Gasteiger partial charge in [-0.2, -0.15) is 5.10 Å². The van der Waals surface area contributed by atoms with Crippen molar-refractivity contribution in [2.75, 3.05) is 0 Å². The third kappa shape index (κ3) is 2.89. The smallest absolute Gasteiger partial charge is 0.160 e. The molecular formula is C19H15ClF2N2. The second-order valence-electron chi connectivity index (χ2n) is 5.80. The van der Waals surface area contributed by atoms with Gasteiger partial charge in [0.15, 0.2) is 5.15 Å². The van der Waals surface area contributed by atoms with Crippen LogP contribution in [0.25, 0.3) is 22.3 Å². The SMILES string of the molecule is Cc1ccc(-c2c(C)nnc(Cl)c2-c2c(F)cc(C)cc2F)cc1. The fourth-order valence-corrected chi connectivity index (χ4v) is 2.97. The first-order chi connectivity index (χ1) is 11.4. The van der Waals surface area contributed by atoms with E-state index in [1.54, 1.807) is 13.8 Å². The van der Waals surface area contributed by atoms with Gasteiger partial charge in [-0.1, -0.05) is 41.4 Å². The number of hydrogen-bond acceptors (Lipinski definition) is 2. The molecule has 0 spiro atoms. The highest BCUT2D eigenvalue weighted by Gasteiger charge is 2.22. The minimum absolute atomic E-state index is 0.0298. The van der Waals surface area contributed by atoms with Crippen LogP contribution in [-0.2, 0) is 0 Å². The fraction of sp³-hybridized carbons (Fsp3) is 0.158. The number of benzene rings is 2.